The Kier molecular flexibility index (Phi) is 4.49. The van der Waals surface area contributed by atoms with Gasteiger partial charge in [0.2, 0.25) is 11.8 Å². The maximum absolute atomic E-state index is 13.1. The number of rotatable bonds is 2. The van der Waals surface area contributed by atoms with Crippen LogP contribution in [-0.2, 0) is 23.9 Å². The maximum atomic E-state index is 13.1. The second-order valence-corrected chi connectivity index (χ2v) is 6.70. The fourth-order valence-electron chi connectivity index (χ4n) is 3.12. The van der Waals surface area contributed by atoms with Crippen LogP contribution >= 0.6 is 23.2 Å². The number of halogens is 2. The van der Waals surface area contributed by atoms with Gasteiger partial charge in [0.25, 0.3) is 5.91 Å². The van der Waals surface area contributed by atoms with Crippen LogP contribution in [0.1, 0.15) is 19.8 Å². The highest BCUT2D eigenvalue weighted by atomic mass is 35.5. The summed E-state index contributed by atoms with van der Waals surface area (Å²) in [5, 5.41) is 5.25. The molecule has 3 rings (SSSR count). The highest BCUT2D eigenvalue weighted by molar-refractivity contribution is 6.42. The molecule has 0 aromatic heterocycles. The fourth-order valence-corrected chi connectivity index (χ4v) is 3.41. The number of hydrazone groups is 1. The molecule has 2 heterocycles. The first-order valence-electron chi connectivity index (χ1n) is 7.50. The summed E-state index contributed by atoms with van der Waals surface area (Å²) < 4.78 is 4.62. The Morgan fingerprint density at radius 3 is 2.46 bits per heavy atom. The van der Waals surface area contributed by atoms with Gasteiger partial charge in [-0.15, -0.1) is 0 Å². The van der Waals surface area contributed by atoms with Crippen LogP contribution in [-0.4, -0.2) is 47.1 Å². The zero-order valence-electron chi connectivity index (χ0n) is 13.8. The van der Waals surface area contributed by atoms with Gasteiger partial charge in [0, 0.05) is 13.3 Å². The first-order chi connectivity index (χ1) is 12.2. The third-order valence-electron chi connectivity index (χ3n) is 4.26. The van der Waals surface area contributed by atoms with E-state index < -0.39 is 29.2 Å². The number of amides is 3. The van der Waals surface area contributed by atoms with Gasteiger partial charge in [0.1, 0.15) is 5.71 Å². The number of ether oxygens (including phenoxy) is 1. The zero-order chi connectivity index (χ0) is 19.2. The number of anilines is 1. The summed E-state index contributed by atoms with van der Waals surface area (Å²) in [5.74, 6) is -2.54. The van der Waals surface area contributed by atoms with Crippen LogP contribution in [0.25, 0.3) is 0 Å². The van der Waals surface area contributed by atoms with Crippen LogP contribution in [0.2, 0.25) is 10.0 Å². The van der Waals surface area contributed by atoms with E-state index in [2.05, 4.69) is 9.84 Å². The molecule has 1 spiro atoms. The molecule has 1 atom stereocenters. The summed E-state index contributed by atoms with van der Waals surface area (Å²) >= 11 is 11.8. The van der Waals surface area contributed by atoms with Crippen molar-refractivity contribution in [1.82, 2.24) is 5.01 Å². The van der Waals surface area contributed by atoms with E-state index in [0.717, 1.165) is 17.0 Å². The Labute approximate surface area is 158 Å². The second-order valence-electron chi connectivity index (χ2n) is 5.89. The molecule has 2 aliphatic heterocycles. The van der Waals surface area contributed by atoms with Crippen molar-refractivity contribution in [2.45, 2.75) is 25.3 Å². The normalized spacial score (nSPS) is 22.2. The molecule has 0 saturated carbocycles. The summed E-state index contributed by atoms with van der Waals surface area (Å²) in [4.78, 5) is 50.4. The van der Waals surface area contributed by atoms with Crippen LogP contribution in [0.5, 0.6) is 0 Å². The Bertz CT molecular complexity index is 885. The lowest BCUT2D eigenvalue weighted by Gasteiger charge is -2.28. The molecule has 0 N–H and O–H groups in total. The van der Waals surface area contributed by atoms with Crippen LogP contribution < -0.4 is 4.90 Å². The van der Waals surface area contributed by atoms with Crippen LogP contribution in [0, 0.1) is 0 Å². The molecular formula is C16H13Cl2N3O5. The van der Waals surface area contributed by atoms with E-state index in [1.54, 1.807) is 0 Å². The summed E-state index contributed by atoms with van der Waals surface area (Å²) in [6.07, 6.45) is -0.517. The number of hydrogen-bond acceptors (Lipinski definition) is 6. The predicted octanol–water partition coefficient (Wildman–Crippen LogP) is 1.78. The van der Waals surface area contributed by atoms with Crippen molar-refractivity contribution < 1.29 is 23.9 Å². The molecule has 2 aliphatic rings. The van der Waals surface area contributed by atoms with Crippen molar-refractivity contribution in [2.24, 2.45) is 5.10 Å². The Morgan fingerprint density at radius 1 is 1.19 bits per heavy atom. The molecule has 0 radical (unpaired) electrons. The average Bonchev–Trinajstić information content (AvgIpc) is 3.08. The number of hydrogen-bond donors (Lipinski definition) is 0. The number of carbonyl (C=O) groups is 4. The molecule has 10 heteroatoms. The lowest BCUT2D eigenvalue weighted by Crippen LogP contribution is -2.51. The largest absolute Gasteiger partial charge is 0.464 e. The molecule has 136 valence electrons. The Morgan fingerprint density at radius 2 is 1.88 bits per heavy atom. The zero-order valence-corrected chi connectivity index (χ0v) is 15.3. The van der Waals surface area contributed by atoms with Crippen molar-refractivity contribution in [3.8, 4) is 0 Å². The molecule has 0 aliphatic carbocycles. The quantitative estimate of drug-likeness (QED) is 0.559. The van der Waals surface area contributed by atoms with Gasteiger partial charge in [0.15, 0.2) is 5.54 Å². The molecule has 1 saturated heterocycles. The smallest absolute Gasteiger partial charge is 0.354 e. The number of imide groups is 1. The number of nitrogens with zero attached hydrogens (tertiary/aromatic N) is 3. The Hall–Kier alpha value is -2.45. The van der Waals surface area contributed by atoms with E-state index in [-0.39, 0.29) is 34.3 Å². The van der Waals surface area contributed by atoms with Gasteiger partial charge in [0.05, 0.1) is 29.3 Å². The number of methoxy groups -OCH3 is 1. The van der Waals surface area contributed by atoms with Crippen molar-refractivity contribution in [2.75, 3.05) is 12.0 Å². The van der Waals surface area contributed by atoms with E-state index >= 15 is 0 Å². The molecule has 26 heavy (non-hydrogen) atoms. The Balaban J connectivity index is 2.03. The van der Waals surface area contributed by atoms with E-state index in [4.69, 9.17) is 23.2 Å². The predicted molar refractivity (Wildman–Crippen MR) is 92.9 cm³/mol. The van der Waals surface area contributed by atoms with E-state index in [1.807, 2.05) is 0 Å². The number of benzene rings is 1. The van der Waals surface area contributed by atoms with Gasteiger partial charge in [-0.2, -0.15) is 5.10 Å². The topological polar surface area (TPSA) is 96.3 Å². The minimum atomic E-state index is -1.58. The van der Waals surface area contributed by atoms with Gasteiger partial charge in [-0.1, -0.05) is 23.2 Å². The molecule has 8 nitrogen and oxygen atoms in total. The second kappa shape index (κ2) is 6.37. The molecule has 1 aromatic rings. The lowest BCUT2D eigenvalue weighted by molar-refractivity contribution is -0.141. The molecule has 1 aromatic carbocycles. The van der Waals surface area contributed by atoms with Crippen LogP contribution in [0.15, 0.2) is 23.3 Å². The number of carbonyl (C=O) groups excluding carboxylic acids is 4. The summed E-state index contributed by atoms with van der Waals surface area (Å²) in [7, 11) is 1.16. The minimum Gasteiger partial charge on any atom is -0.464 e. The highest BCUT2D eigenvalue weighted by Crippen LogP contribution is 2.41. The molecule has 0 unspecified atom stereocenters. The van der Waals surface area contributed by atoms with Crippen LogP contribution in [0.4, 0.5) is 5.69 Å². The van der Waals surface area contributed by atoms with E-state index in [9.17, 15) is 19.2 Å². The van der Waals surface area contributed by atoms with Gasteiger partial charge in [-0.3, -0.25) is 14.4 Å². The van der Waals surface area contributed by atoms with Crippen LogP contribution in [0.3, 0.4) is 0 Å². The molecule has 0 bridgehead atoms. The van der Waals surface area contributed by atoms with E-state index in [0.29, 0.717) is 0 Å². The van der Waals surface area contributed by atoms with Crippen molar-refractivity contribution in [3.63, 3.8) is 0 Å². The fraction of sp³-hybridized carbons (Fsp3) is 0.312. The van der Waals surface area contributed by atoms with Gasteiger partial charge >= 0.3 is 5.97 Å². The molecule has 3 amide bonds. The average molecular weight is 398 g/mol. The molecular weight excluding hydrogens is 385 g/mol. The summed E-state index contributed by atoms with van der Waals surface area (Å²) in [6, 6.07) is 4.31. The highest BCUT2D eigenvalue weighted by Gasteiger charge is 2.61. The summed E-state index contributed by atoms with van der Waals surface area (Å²) in [6.45, 7) is 1.20. The van der Waals surface area contributed by atoms with E-state index in [1.165, 1.54) is 25.1 Å². The monoisotopic (exact) mass is 397 g/mol. The van der Waals surface area contributed by atoms with Gasteiger partial charge in [-0.05, 0) is 18.2 Å². The SMILES string of the molecule is COC(=O)C1=NN(C(C)=O)[C@]2(CC(=O)N(c3ccc(Cl)c(Cl)c3)C2=O)C1. The summed E-state index contributed by atoms with van der Waals surface area (Å²) in [5.41, 5.74) is -1.46. The maximum Gasteiger partial charge on any atom is 0.354 e. The van der Waals surface area contributed by atoms with Gasteiger partial charge in [-0.25, -0.2) is 14.7 Å². The first-order valence-corrected chi connectivity index (χ1v) is 8.26. The van der Waals surface area contributed by atoms with Gasteiger partial charge < -0.3 is 4.74 Å². The minimum absolute atomic E-state index is 0.0974. The third-order valence-corrected chi connectivity index (χ3v) is 5.00. The number of esters is 1. The first kappa shape index (κ1) is 18.3. The lowest BCUT2D eigenvalue weighted by atomic mass is 9.91. The van der Waals surface area contributed by atoms with Crippen molar-refractivity contribution >= 4 is 58.3 Å². The molecule has 1 fully saturated rings. The third kappa shape index (κ3) is 2.65. The van der Waals surface area contributed by atoms with Crippen molar-refractivity contribution in [1.29, 1.82) is 0 Å². The standard InChI is InChI=1S/C16H13Cl2N3O5/c1-8(22)21-16(6-12(19-21)14(24)26-2)7-13(23)20(15(16)25)9-3-4-10(17)11(18)5-9/h3-5H,6-7H2,1-2H3/t16-/m0/s1. The van der Waals surface area contributed by atoms with Crippen molar-refractivity contribution in [3.05, 3.63) is 28.2 Å².